The highest BCUT2D eigenvalue weighted by Gasteiger charge is 2.30. The van der Waals surface area contributed by atoms with Gasteiger partial charge < -0.3 is 14.8 Å². The van der Waals surface area contributed by atoms with E-state index in [2.05, 4.69) is 5.32 Å². The molecule has 2 aromatic carbocycles. The smallest absolute Gasteiger partial charge is 0.251 e. The molecule has 1 unspecified atom stereocenters. The van der Waals surface area contributed by atoms with Crippen molar-refractivity contribution in [2.75, 3.05) is 33.4 Å². The predicted octanol–water partition coefficient (Wildman–Crippen LogP) is 2.35. The lowest BCUT2D eigenvalue weighted by molar-refractivity contribution is 0.0729. The number of rotatable bonds is 6. The normalized spacial score (nSPS) is 16.2. The number of nitrogens with zero attached hydrogens (tertiary/aromatic N) is 1. The second-order valence-corrected chi connectivity index (χ2v) is 8.54. The monoisotopic (exact) mass is 422 g/mol. The van der Waals surface area contributed by atoms with E-state index >= 15 is 0 Å². The molecule has 1 fully saturated rings. The first kappa shape index (κ1) is 21.2. The Bertz CT molecular complexity index is 973. The number of amides is 1. The molecule has 0 aliphatic carbocycles. The number of halogens is 1. The number of hydrogen-bond donors (Lipinski definition) is 1. The quantitative estimate of drug-likeness (QED) is 0.773. The summed E-state index contributed by atoms with van der Waals surface area (Å²) in [6.07, 6.45) is 0. The summed E-state index contributed by atoms with van der Waals surface area (Å²) < 4.78 is 50.9. The van der Waals surface area contributed by atoms with Gasteiger partial charge in [0, 0.05) is 18.7 Å². The standard InChI is InChI=1S/C20H23FN2O5S/c1-14(15-3-6-17(21)7-4-15)22-20(24)16-5-8-18(27-2)19(13-16)29(25,26)23-9-11-28-12-10-23/h3-8,13-14H,9-12H2,1-2H3,(H,22,24). The molecular weight excluding hydrogens is 399 g/mol. The second kappa shape index (κ2) is 8.89. The van der Waals surface area contributed by atoms with Gasteiger partial charge in [0.25, 0.3) is 5.91 Å². The van der Waals surface area contributed by atoms with E-state index in [0.717, 1.165) is 5.56 Å². The van der Waals surface area contributed by atoms with E-state index in [1.807, 2.05) is 0 Å². The molecule has 1 saturated heterocycles. The van der Waals surface area contributed by atoms with Crippen LogP contribution in [0.3, 0.4) is 0 Å². The summed E-state index contributed by atoms with van der Waals surface area (Å²) in [5.41, 5.74) is 0.918. The highest BCUT2D eigenvalue weighted by Crippen LogP contribution is 2.28. The van der Waals surface area contributed by atoms with Crippen LogP contribution in [0.2, 0.25) is 0 Å². The lowest BCUT2D eigenvalue weighted by Crippen LogP contribution is -2.40. The number of nitrogens with one attached hydrogen (secondary N) is 1. The van der Waals surface area contributed by atoms with Crippen LogP contribution in [0.1, 0.15) is 28.9 Å². The third-order valence-electron chi connectivity index (χ3n) is 4.73. The number of ether oxygens (including phenoxy) is 2. The van der Waals surface area contributed by atoms with Crippen LogP contribution in [-0.2, 0) is 14.8 Å². The van der Waals surface area contributed by atoms with Gasteiger partial charge in [0.2, 0.25) is 10.0 Å². The van der Waals surface area contributed by atoms with Crippen molar-refractivity contribution in [3.05, 3.63) is 59.4 Å². The molecule has 3 rings (SSSR count). The molecule has 1 amide bonds. The fraction of sp³-hybridized carbons (Fsp3) is 0.350. The summed E-state index contributed by atoms with van der Waals surface area (Å²) >= 11 is 0. The van der Waals surface area contributed by atoms with Crippen molar-refractivity contribution < 1.29 is 27.1 Å². The van der Waals surface area contributed by atoms with Gasteiger partial charge in [0.05, 0.1) is 26.4 Å². The molecule has 156 valence electrons. The van der Waals surface area contributed by atoms with Crippen molar-refractivity contribution >= 4 is 15.9 Å². The second-order valence-electron chi connectivity index (χ2n) is 6.63. The summed E-state index contributed by atoms with van der Waals surface area (Å²) in [4.78, 5) is 12.6. The largest absolute Gasteiger partial charge is 0.495 e. The minimum atomic E-state index is -3.84. The zero-order valence-corrected chi connectivity index (χ0v) is 17.0. The van der Waals surface area contributed by atoms with Gasteiger partial charge in [-0.25, -0.2) is 12.8 Å². The Labute approximate surface area is 169 Å². The van der Waals surface area contributed by atoms with E-state index in [9.17, 15) is 17.6 Å². The van der Waals surface area contributed by atoms with Crippen molar-refractivity contribution in [2.24, 2.45) is 0 Å². The molecule has 0 bridgehead atoms. The molecule has 1 aliphatic heterocycles. The molecule has 7 nitrogen and oxygen atoms in total. The van der Waals surface area contributed by atoms with Gasteiger partial charge in [-0.05, 0) is 42.8 Å². The Morgan fingerprint density at radius 3 is 2.45 bits per heavy atom. The lowest BCUT2D eigenvalue weighted by atomic mass is 10.1. The van der Waals surface area contributed by atoms with Crippen molar-refractivity contribution in [3.63, 3.8) is 0 Å². The molecule has 1 aliphatic rings. The first-order valence-corrected chi connectivity index (χ1v) is 10.6. The first-order valence-electron chi connectivity index (χ1n) is 9.15. The molecule has 29 heavy (non-hydrogen) atoms. The maximum absolute atomic E-state index is 13.1. The summed E-state index contributed by atoms with van der Waals surface area (Å²) in [5, 5.41) is 2.80. The SMILES string of the molecule is COc1ccc(C(=O)NC(C)c2ccc(F)cc2)cc1S(=O)(=O)N1CCOCC1. The third-order valence-corrected chi connectivity index (χ3v) is 6.65. The molecule has 0 radical (unpaired) electrons. The molecular formula is C20H23FN2O5S. The number of methoxy groups -OCH3 is 1. The fourth-order valence-electron chi connectivity index (χ4n) is 3.06. The molecule has 1 atom stereocenters. The molecule has 0 spiro atoms. The number of carbonyl (C=O) groups is 1. The molecule has 0 aromatic heterocycles. The number of morpholine rings is 1. The Hall–Kier alpha value is -2.49. The van der Waals surface area contributed by atoms with Crippen LogP contribution in [0, 0.1) is 5.82 Å². The number of benzene rings is 2. The summed E-state index contributed by atoms with van der Waals surface area (Å²) in [6.45, 7) is 2.88. The molecule has 9 heteroatoms. The predicted molar refractivity (Wildman–Crippen MR) is 105 cm³/mol. The maximum Gasteiger partial charge on any atom is 0.251 e. The highest BCUT2D eigenvalue weighted by molar-refractivity contribution is 7.89. The van der Waals surface area contributed by atoms with Crippen LogP contribution in [-0.4, -0.2) is 52.0 Å². The van der Waals surface area contributed by atoms with E-state index in [-0.39, 0.29) is 41.2 Å². The van der Waals surface area contributed by atoms with Gasteiger partial charge in [-0.1, -0.05) is 12.1 Å². The van der Waals surface area contributed by atoms with E-state index < -0.39 is 15.9 Å². The van der Waals surface area contributed by atoms with Crippen LogP contribution < -0.4 is 10.1 Å². The average molecular weight is 422 g/mol. The summed E-state index contributed by atoms with van der Waals surface area (Å²) in [7, 11) is -2.46. The molecule has 2 aromatic rings. The van der Waals surface area contributed by atoms with Crippen molar-refractivity contribution in [1.82, 2.24) is 9.62 Å². The Kier molecular flexibility index (Phi) is 6.51. The summed E-state index contributed by atoms with van der Waals surface area (Å²) in [6, 6.07) is 9.71. The van der Waals surface area contributed by atoms with Crippen LogP contribution in [0.5, 0.6) is 5.75 Å². The zero-order valence-electron chi connectivity index (χ0n) is 16.2. The molecule has 1 N–H and O–H groups in total. The number of carbonyl (C=O) groups excluding carboxylic acids is 1. The zero-order chi connectivity index (χ0) is 21.0. The van der Waals surface area contributed by atoms with E-state index in [0.29, 0.717) is 13.2 Å². The minimum Gasteiger partial charge on any atom is -0.495 e. The maximum atomic E-state index is 13.1. The van der Waals surface area contributed by atoms with E-state index in [1.54, 1.807) is 19.1 Å². The number of hydrogen-bond acceptors (Lipinski definition) is 5. The van der Waals surface area contributed by atoms with Crippen LogP contribution in [0.25, 0.3) is 0 Å². The lowest BCUT2D eigenvalue weighted by Gasteiger charge is -2.26. The minimum absolute atomic E-state index is 0.0658. The Morgan fingerprint density at radius 1 is 1.17 bits per heavy atom. The van der Waals surface area contributed by atoms with Gasteiger partial charge in [0.1, 0.15) is 16.5 Å². The third kappa shape index (κ3) is 4.75. The molecule has 0 saturated carbocycles. The molecule has 1 heterocycles. The topological polar surface area (TPSA) is 84.9 Å². The van der Waals surface area contributed by atoms with Crippen molar-refractivity contribution in [3.8, 4) is 5.75 Å². The average Bonchev–Trinajstić information content (AvgIpc) is 2.74. The van der Waals surface area contributed by atoms with Gasteiger partial charge in [-0.15, -0.1) is 0 Å². The van der Waals surface area contributed by atoms with E-state index in [1.165, 1.54) is 41.7 Å². The van der Waals surface area contributed by atoms with Gasteiger partial charge in [-0.3, -0.25) is 4.79 Å². The summed E-state index contributed by atoms with van der Waals surface area (Å²) in [5.74, 6) is -0.636. The first-order chi connectivity index (χ1) is 13.8. The number of sulfonamides is 1. The van der Waals surface area contributed by atoms with Crippen LogP contribution in [0.15, 0.2) is 47.4 Å². The Morgan fingerprint density at radius 2 is 1.83 bits per heavy atom. The van der Waals surface area contributed by atoms with Gasteiger partial charge in [0.15, 0.2) is 0 Å². The van der Waals surface area contributed by atoms with E-state index in [4.69, 9.17) is 9.47 Å². The fourth-order valence-corrected chi connectivity index (χ4v) is 4.65. The Balaban J connectivity index is 1.85. The van der Waals surface area contributed by atoms with Gasteiger partial charge >= 0.3 is 0 Å². The van der Waals surface area contributed by atoms with Crippen molar-refractivity contribution in [1.29, 1.82) is 0 Å². The highest BCUT2D eigenvalue weighted by atomic mass is 32.2. The van der Waals surface area contributed by atoms with Crippen LogP contribution in [0.4, 0.5) is 4.39 Å². The van der Waals surface area contributed by atoms with Crippen LogP contribution >= 0.6 is 0 Å². The van der Waals surface area contributed by atoms with Gasteiger partial charge in [-0.2, -0.15) is 4.31 Å². The van der Waals surface area contributed by atoms with Crippen molar-refractivity contribution in [2.45, 2.75) is 17.9 Å².